The van der Waals surface area contributed by atoms with E-state index in [-0.39, 0.29) is 23.4 Å². The van der Waals surface area contributed by atoms with Gasteiger partial charge in [-0.2, -0.15) is 0 Å². The second-order valence-corrected chi connectivity index (χ2v) is 7.73. The van der Waals surface area contributed by atoms with Crippen molar-refractivity contribution >= 4 is 11.9 Å². The van der Waals surface area contributed by atoms with Crippen LogP contribution in [0.3, 0.4) is 0 Å². The fourth-order valence-electron chi connectivity index (χ4n) is 4.01. The van der Waals surface area contributed by atoms with E-state index in [2.05, 4.69) is 10.3 Å². The van der Waals surface area contributed by atoms with Gasteiger partial charge < -0.3 is 15.1 Å². The second-order valence-electron chi connectivity index (χ2n) is 7.73. The van der Waals surface area contributed by atoms with Crippen molar-refractivity contribution in [3.63, 3.8) is 0 Å². The molecule has 1 aromatic heterocycles. The molecule has 6 nitrogen and oxygen atoms in total. The summed E-state index contributed by atoms with van der Waals surface area (Å²) in [5.74, 6) is 0.214. The maximum Gasteiger partial charge on any atom is 0.317 e. The lowest BCUT2D eigenvalue weighted by molar-refractivity contribution is -0.139. The molecule has 3 rings (SSSR count). The number of hydrogen-bond acceptors (Lipinski definition) is 3. The Balaban J connectivity index is 1.68. The lowest BCUT2D eigenvalue weighted by Crippen LogP contribution is -2.56. The van der Waals surface area contributed by atoms with Gasteiger partial charge in [0.05, 0.1) is 0 Å². The number of amides is 3. The van der Waals surface area contributed by atoms with Crippen molar-refractivity contribution in [3.8, 4) is 0 Å². The van der Waals surface area contributed by atoms with Crippen LogP contribution in [0, 0.1) is 5.41 Å². The molecule has 2 fully saturated rings. The highest BCUT2D eigenvalue weighted by molar-refractivity contribution is 5.77. The summed E-state index contributed by atoms with van der Waals surface area (Å²) in [6.07, 6.45) is 7.06. The zero-order valence-electron chi connectivity index (χ0n) is 15.2. The molecule has 136 valence electrons. The van der Waals surface area contributed by atoms with Crippen LogP contribution < -0.4 is 5.32 Å². The van der Waals surface area contributed by atoms with Crippen LogP contribution in [0.15, 0.2) is 24.5 Å². The third kappa shape index (κ3) is 4.30. The van der Waals surface area contributed by atoms with Gasteiger partial charge in [0.25, 0.3) is 0 Å². The lowest BCUT2D eigenvalue weighted by Gasteiger charge is -2.48. The first-order chi connectivity index (χ1) is 12.0. The van der Waals surface area contributed by atoms with Crippen molar-refractivity contribution in [1.82, 2.24) is 20.1 Å². The molecule has 0 aromatic carbocycles. The summed E-state index contributed by atoms with van der Waals surface area (Å²) in [4.78, 5) is 32.7. The molecular formula is C19H28N4O2. The zero-order valence-corrected chi connectivity index (χ0v) is 15.2. The van der Waals surface area contributed by atoms with Gasteiger partial charge in [0, 0.05) is 56.5 Å². The maximum atomic E-state index is 12.4. The van der Waals surface area contributed by atoms with E-state index in [0.717, 1.165) is 44.5 Å². The van der Waals surface area contributed by atoms with Crippen LogP contribution in [0.5, 0.6) is 0 Å². The van der Waals surface area contributed by atoms with Crippen molar-refractivity contribution in [2.75, 3.05) is 19.6 Å². The number of nitrogens with one attached hydrogen (secondary N) is 1. The van der Waals surface area contributed by atoms with Crippen LogP contribution in [0.2, 0.25) is 0 Å². The predicted molar refractivity (Wildman–Crippen MR) is 95.8 cm³/mol. The highest BCUT2D eigenvalue weighted by atomic mass is 16.2. The molecule has 6 heteroatoms. The monoisotopic (exact) mass is 344 g/mol. The van der Waals surface area contributed by atoms with Gasteiger partial charge in [-0.25, -0.2) is 4.79 Å². The number of likely N-dealkylation sites (tertiary alicyclic amines) is 2. The quantitative estimate of drug-likeness (QED) is 0.916. The number of carbonyl (C=O) groups is 2. The summed E-state index contributed by atoms with van der Waals surface area (Å²) in [5.41, 5.74) is 1.14. The Bertz CT molecular complexity index is 619. The van der Waals surface area contributed by atoms with Gasteiger partial charge >= 0.3 is 6.03 Å². The molecular weight excluding hydrogens is 316 g/mol. The van der Waals surface area contributed by atoms with E-state index in [1.807, 2.05) is 35.8 Å². The summed E-state index contributed by atoms with van der Waals surface area (Å²) in [5, 5.41) is 2.99. The van der Waals surface area contributed by atoms with Crippen molar-refractivity contribution in [2.45, 2.75) is 52.1 Å². The van der Waals surface area contributed by atoms with Gasteiger partial charge in [-0.1, -0.05) is 0 Å². The fraction of sp³-hybridized carbons (Fsp3) is 0.632. The van der Waals surface area contributed by atoms with E-state index in [0.29, 0.717) is 13.0 Å². The van der Waals surface area contributed by atoms with Gasteiger partial charge in [0.15, 0.2) is 0 Å². The summed E-state index contributed by atoms with van der Waals surface area (Å²) < 4.78 is 0. The van der Waals surface area contributed by atoms with Crippen molar-refractivity contribution in [3.05, 3.63) is 30.1 Å². The Morgan fingerprint density at radius 3 is 2.76 bits per heavy atom. The molecule has 1 N–H and O–H groups in total. The number of nitrogens with zero attached hydrogens (tertiary/aromatic N) is 3. The number of carbonyl (C=O) groups excluding carboxylic acids is 2. The normalized spacial score (nSPS) is 24.0. The summed E-state index contributed by atoms with van der Waals surface area (Å²) in [7, 11) is 0. The molecule has 2 aliphatic rings. The minimum Gasteiger partial charge on any atom is -0.338 e. The standard InChI is InChI=1S/C19H28N4O2/c1-15(2)21-18(25)22-11-3-7-19(13-22)8-4-17(24)23(14-19)12-16-5-9-20-10-6-16/h5-6,9-10,15H,3-4,7-8,11-14H2,1-2H3,(H,21,25)/t19-/m1/s1. The molecule has 2 aliphatic heterocycles. The first kappa shape index (κ1) is 17.7. The average molecular weight is 344 g/mol. The smallest absolute Gasteiger partial charge is 0.317 e. The first-order valence-corrected chi connectivity index (χ1v) is 9.20. The second kappa shape index (κ2) is 7.42. The van der Waals surface area contributed by atoms with Crippen LogP contribution in [0.1, 0.15) is 45.1 Å². The molecule has 1 atom stereocenters. The zero-order chi connectivity index (χ0) is 17.9. The van der Waals surface area contributed by atoms with Crippen LogP contribution in [-0.2, 0) is 11.3 Å². The van der Waals surface area contributed by atoms with E-state index in [1.165, 1.54) is 0 Å². The Hall–Kier alpha value is -2.11. The molecule has 0 radical (unpaired) electrons. The van der Waals surface area contributed by atoms with Gasteiger partial charge in [-0.3, -0.25) is 9.78 Å². The van der Waals surface area contributed by atoms with E-state index < -0.39 is 0 Å². The number of urea groups is 1. The molecule has 0 unspecified atom stereocenters. The average Bonchev–Trinajstić information content (AvgIpc) is 2.59. The molecule has 3 heterocycles. The number of piperidine rings is 2. The largest absolute Gasteiger partial charge is 0.338 e. The van der Waals surface area contributed by atoms with Crippen molar-refractivity contribution < 1.29 is 9.59 Å². The van der Waals surface area contributed by atoms with Crippen molar-refractivity contribution in [2.24, 2.45) is 5.41 Å². The summed E-state index contributed by atoms with van der Waals surface area (Å²) in [6.45, 7) is 6.87. The van der Waals surface area contributed by atoms with Gasteiger partial charge in [-0.15, -0.1) is 0 Å². The lowest BCUT2D eigenvalue weighted by atomic mass is 9.73. The van der Waals surface area contributed by atoms with Crippen LogP contribution in [-0.4, -0.2) is 52.4 Å². The van der Waals surface area contributed by atoms with Gasteiger partial charge in [0.1, 0.15) is 0 Å². The van der Waals surface area contributed by atoms with E-state index in [4.69, 9.17) is 0 Å². The van der Waals surface area contributed by atoms with Crippen LogP contribution >= 0.6 is 0 Å². The predicted octanol–water partition coefficient (Wildman–Crippen LogP) is 2.40. The third-order valence-electron chi connectivity index (χ3n) is 5.23. The molecule has 1 spiro atoms. The Morgan fingerprint density at radius 1 is 1.28 bits per heavy atom. The maximum absolute atomic E-state index is 12.4. The van der Waals surface area contributed by atoms with E-state index in [9.17, 15) is 9.59 Å². The number of hydrogen-bond donors (Lipinski definition) is 1. The first-order valence-electron chi connectivity index (χ1n) is 9.20. The number of pyridine rings is 1. The summed E-state index contributed by atoms with van der Waals surface area (Å²) >= 11 is 0. The number of rotatable bonds is 3. The van der Waals surface area contributed by atoms with E-state index >= 15 is 0 Å². The fourth-order valence-corrected chi connectivity index (χ4v) is 4.01. The Kier molecular flexibility index (Phi) is 5.25. The Labute approximate surface area is 149 Å². The highest BCUT2D eigenvalue weighted by Crippen LogP contribution is 2.39. The van der Waals surface area contributed by atoms with E-state index in [1.54, 1.807) is 12.4 Å². The Morgan fingerprint density at radius 2 is 2.04 bits per heavy atom. The number of aromatic nitrogens is 1. The molecule has 0 aliphatic carbocycles. The molecule has 1 aromatic rings. The van der Waals surface area contributed by atoms with Crippen LogP contribution in [0.4, 0.5) is 4.79 Å². The minimum atomic E-state index is 0.0201. The third-order valence-corrected chi connectivity index (χ3v) is 5.23. The molecule has 0 saturated carbocycles. The molecule has 2 saturated heterocycles. The van der Waals surface area contributed by atoms with Crippen molar-refractivity contribution in [1.29, 1.82) is 0 Å². The van der Waals surface area contributed by atoms with Gasteiger partial charge in [-0.05, 0) is 50.8 Å². The highest BCUT2D eigenvalue weighted by Gasteiger charge is 2.42. The topological polar surface area (TPSA) is 65.5 Å². The minimum absolute atomic E-state index is 0.0201. The summed E-state index contributed by atoms with van der Waals surface area (Å²) in [6, 6.07) is 4.07. The molecule has 3 amide bonds. The molecule has 0 bridgehead atoms. The molecule has 25 heavy (non-hydrogen) atoms. The van der Waals surface area contributed by atoms with Crippen LogP contribution in [0.25, 0.3) is 0 Å². The SMILES string of the molecule is CC(C)NC(=O)N1CCC[C@@]2(CCC(=O)N(Cc3ccncc3)C2)C1. The van der Waals surface area contributed by atoms with Gasteiger partial charge in [0.2, 0.25) is 5.91 Å².